The van der Waals surface area contributed by atoms with Crippen molar-refractivity contribution in [3.63, 3.8) is 0 Å². The molecule has 1 amide bonds. The zero-order valence-corrected chi connectivity index (χ0v) is 8.73. The third-order valence-corrected chi connectivity index (χ3v) is 2.64. The average molecular weight is 219 g/mol. The number of ether oxygens (including phenoxy) is 1. The van der Waals surface area contributed by atoms with Crippen molar-refractivity contribution >= 4 is 23.6 Å². The van der Waals surface area contributed by atoms with E-state index in [1.807, 2.05) is 0 Å². The zero-order chi connectivity index (χ0) is 10.6. The molecule has 0 aromatic rings. The molecule has 0 aromatic carbocycles. The molecule has 0 saturated carbocycles. The van der Waals surface area contributed by atoms with Crippen molar-refractivity contribution in [2.24, 2.45) is 0 Å². The lowest BCUT2D eigenvalue weighted by Gasteiger charge is -2.23. The molecule has 1 aliphatic rings. The maximum atomic E-state index is 11.3. The van der Waals surface area contributed by atoms with Crippen molar-refractivity contribution in [1.82, 2.24) is 5.32 Å². The molecule has 1 rings (SSSR count). The molecule has 1 fully saturated rings. The van der Waals surface area contributed by atoms with Crippen LogP contribution in [-0.4, -0.2) is 47.7 Å². The van der Waals surface area contributed by atoms with Gasteiger partial charge in [0.2, 0.25) is 5.91 Å². The van der Waals surface area contributed by atoms with Crippen LogP contribution in [0.5, 0.6) is 0 Å². The monoisotopic (exact) mass is 219 g/mol. The Morgan fingerprint density at radius 3 is 2.79 bits per heavy atom. The molecule has 80 valence electrons. The van der Waals surface area contributed by atoms with Gasteiger partial charge in [0, 0.05) is 13.0 Å². The SMILES string of the molecule is CSCC(=O)NC1(C(=O)O)CCOC1. The first kappa shape index (κ1) is 11.3. The summed E-state index contributed by atoms with van der Waals surface area (Å²) >= 11 is 1.36. The number of hydrogen-bond acceptors (Lipinski definition) is 4. The highest BCUT2D eigenvalue weighted by molar-refractivity contribution is 7.99. The summed E-state index contributed by atoms with van der Waals surface area (Å²) in [5.74, 6) is -1.01. The predicted molar refractivity (Wildman–Crippen MR) is 52.3 cm³/mol. The maximum Gasteiger partial charge on any atom is 0.331 e. The highest BCUT2D eigenvalue weighted by atomic mass is 32.2. The Morgan fingerprint density at radius 2 is 2.36 bits per heavy atom. The molecule has 0 bridgehead atoms. The van der Waals surface area contributed by atoms with E-state index in [4.69, 9.17) is 9.84 Å². The van der Waals surface area contributed by atoms with Gasteiger partial charge in [-0.15, -0.1) is 0 Å². The predicted octanol–water partition coefficient (Wildman–Crippen LogP) is -0.291. The highest BCUT2D eigenvalue weighted by Crippen LogP contribution is 2.19. The van der Waals surface area contributed by atoms with Gasteiger partial charge < -0.3 is 15.2 Å². The summed E-state index contributed by atoms with van der Waals surface area (Å²) in [4.78, 5) is 22.2. The summed E-state index contributed by atoms with van der Waals surface area (Å²) in [6.45, 7) is 0.439. The second-order valence-electron chi connectivity index (χ2n) is 3.17. The standard InChI is InChI=1S/C8H13NO4S/c1-14-4-6(10)9-8(7(11)12)2-3-13-5-8/h2-5H2,1H3,(H,9,10)(H,11,12). The Balaban J connectivity index is 2.60. The Hall–Kier alpha value is -0.750. The second-order valence-corrected chi connectivity index (χ2v) is 4.04. The topological polar surface area (TPSA) is 75.6 Å². The molecule has 6 heteroatoms. The van der Waals surface area contributed by atoms with Crippen molar-refractivity contribution in [2.75, 3.05) is 25.2 Å². The van der Waals surface area contributed by atoms with E-state index in [0.717, 1.165) is 0 Å². The molecule has 0 aliphatic carbocycles. The van der Waals surface area contributed by atoms with E-state index in [0.29, 0.717) is 13.0 Å². The number of carbonyl (C=O) groups excluding carboxylic acids is 1. The maximum absolute atomic E-state index is 11.3. The number of carbonyl (C=O) groups is 2. The van der Waals surface area contributed by atoms with Crippen LogP contribution in [0.2, 0.25) is 0 Å². The molecule has 2 N–H and O–H groups in total. The van der Waals surface area contributed by atoms with Crippen molar-refractivity contribution < 1.29 is 19.4 Å². The summed E-state index contributed by atoms with van der Waals surface area (Å²) in [5, 5.41) is 11.5. The largest absolute Gasteiger partial charge is 0.479 e. The van der Waals surface area contributed by atoms with Crippen molar-refractivity contribution in [2.45, 2.75) is 12.0 Å². The number of carboxylic acids is 1. The molecule has 1 atom stereocenters. The lowest BCUT2D eigenvalue weighted by atomic mass is 9.99. The van der Waals surface area contributed by atoms with Crippen LogP contribution in [0.25, 0.3) is 0 Å². The quantitative estimate of drug-likeness (QED) is 0.679. The van der Waals surface area contributed by atoms with Gasteiger partial charge in [-0.25, -0.2) is 4.79 Å². The van der Waals surface area contributed by atoms with Gasteiger partial charge in [0.15, 0.2) is 5.54 Å². The number of hydrogen-bond donors (Lipinski definition) is 2. The zero-order valence-electron chi connectivity index (χ0n) is 7.91. The third-order valence-electron chi connectivity index (χ3n) is 2.09. The van der Waals surface area contributed by atoms with Crippen LogP contribution in [0.3, 0.4) is 0 Å². The first-order valence-electron chi connectivity index (χ1n) is 4.22. The molecule has 0 radical (unpaired) electrons. The molecule has 1 heterocycles. The van der Waals surface area contributed by atoms with Crippen molar-refractivity contribution in [3.8, 4) is 0 Å². The first-order valence-corrected chi connectivity index (χ1v) is 5.61. The summed E-state index contributed by atoms with van der Waals surface area (Å²) in [7, 11) is 0. The molecule has 1 saturated heterocycles. The molecule has 5 nitrogen and oxygen atoms in total. The van der Waals surface area contributed by atoms with E-state index in [-0.39, 0.29) is 18.3 Å². The van der Waals surface area contributed by atoms with Gasteiger partial charge in [-0.1, -0.05) is 0 Å². The minimum Gasteiger partial charge on any atom is -0.479 e. The van der Waals surface area contributed by atoms with Gasteiger partial charge in [0.05, 0.1) is 12.4 Å². The lowest BCUT2D eigenvalue weighted by molar-refractivity contribution is -0.147. The van der Waals surface area contributed by atoms with Crippen molar-refractivity contribution in [3.05, 3.63) is 0 Å². The van der Waals surface area contributed by atoms with Crippen LogP contribution in [0.4, 0.5) is 0 Å². The molecule has 1 aliphatic heterocycles. The minimum atomic E-state index is -1.20. The number of rotatable bonds is 4. The number of nitrogens with one attached hydrogen (secondary N) is 1. The number of aliphatic carboxylic acids is 1. The summed E-state index contributed by atoms with van der Waals surface area (Å²) < 4.78 is 5.00. The molecule has 1 unspecified atom stereocenters. The smallest absolute Gasteiger partial charge is 0.331 e. The number of carboxylic acid groups (broad SMARTS) is 1. The number of thioether (sulfide) groups is 1. The van der Waals surface area contributed by atoms with Gasteiger partial charge in [-0.05, 0) is 6.26 Å². The average Bonchev–Trinajstić information content (AvgIpc) is 2.54. The van der Waals surface area contributed by atoms with Gasteiger partial charge >= 0.3 is 5.97 Å². The highest BCUT2D eigenvalue weighted by Gasteiger charge is 2.43. The Bertz CT molecular complexity index is 237. The van der Waals surface area contributed by atoms with E-state index >= 15 is 0 Å². The van der Waals surface area contributed by atoms with Gasteiger partial charge in [-0.3, -0.25) is 4.79 Å². The fraction of sp³-hybridized carbons (Fsp3) is 0.750. The Morgan fingerprint density at radius 1 is 1.64 bits per heavy atom. The Kier molecular flexibility index (Phi) is 3.77. The Labute approximate surface area is 86.2 Å². The molecular weight excluding hydrogens is 206 g/mol. The molecule has 14 heavy (non-hydrogen) atoms. The van der Waals surface area contributed by atoms with E-state index in [2.05, 4.69) is 5.32 Å². The lowest BCUT2D eigenvalue weighted by Crippen LogP contribution is -2.55. The van der Waals surface area contributed by atoms with Crippen LogP contribution in [0.1, 0.15) is 6.42 Å². The summed E-state index contributed by atoms with van der Waals surface area (Å²) in [5.41, 5.74) is -1.20. The van der Waals surface area contributed by atoms with Crippen LogP contribution >= 0.6 is 11.8 Å². The second kappa shape index (κ2) is 4.65. The first-order chi connectivity index (χ1) is 6.60. The van der Waals surface area contributed by atoms with Crippen LogP contribution < -0.4 is 5.32 Å². The molecular formula is C8H13NO4S. The summed E-state index contributed by atoms with van der Waals surface area (Å²) in [6, 6.07) is 0. The van der Waals surface area contributed by atoms with E-state index in [1.165, 1.54) is 11.8 Å². The fourth-order valence-electron chi connectivity index (χ4n) is 1.32. The molecule has 0 aromatic heterocycles. The third kappa shape index (κ3) is 2.39. The summed E-state index contributed by atoms with van der Waals surface area (Å²) in [6.07, 6.45) is 2.13. The number of amides is 1. The van der Waals surface area contributed by atoms with Crippen LogP contribution in [0.15, 0.2) is 0 Å². The van der Waals surface area contributed by atoms with E-state index in [9.17, 15) is 9.59 Å². The van der Waals surface area contributed by atoms with Crippen molar-refractivity contribution in [1.29, 1.82) is 0 Å². The minimum absolute atomic E-state index is 0.0580. The van der Waals surface area contributed by atoms with E-state index < -0.39 is 11.5 Å². The van der Waals surface area contributed by atoms with Crippen LogP contribution in [0, 0.1) is 0 Å². The van der Waals surface area contributed by atoms with Gasteiger partial charge in [0.25, 0.3) is 0 Å². The van der Waals surface area contributed by atoms with Crippen LogP contribution in [-0.2, 0) is 14.3 Å². The normalized spacial score (nSPS) is 26.1. The van der Waals surface area contributed by atoms with E-state index in [1.54, 1.807) is 6.26 Å². The molecule has 0 spiro atoms. The van der Waals surface area contributed by atoms with Gasteiger partial charge in [-0.2, -0.15) is 11.8 Å². The van der Waals surface area contributed by atoms with Gasteiger partial charge in [0.1, 0.15) is 0 Å². The fourth-order valence-corrected chi connectivity index (χ4v) is 1.65.